The lowest BCUT2D eigenvalue weighted by molar-refractivity contribution is 0.284. The molecule has 0 saturated carbocycles. The summed E-state index contributed by atoms with van der Waals surface area (Å²) in [7, 11) is 0.201. The lowest BCUT2D eigenvalue weighted by Gasteiger charge is -2.33. The molecule has 21 heavy (non-hydrogen) atoms. The van der Waals surface area contributed by atoms with Gasteiger partial charge in [-0.05, 0) is 19.3 Å². The molecule has 7 nitrogen and oxygen atoms in total. The molecule has 1 atom stereocenters. The van der Waals surface area contributed by atoms with Crippen LogP contribution in [0.5, 0.6) is 0 Å². The number of unbranched alkanes of at least 4 members (excludes halogenated alkanes) is 1. The molecule has 0 radical (unpaired) electrons. The number of aromatic nitrogens is 3. The van der Waals surface area contributed by atoms with Gasteiger partial charge >= 0.3 is 0 Å². The number of rotatable bonds is 6. The van der Waals surface area contributed by atoms with Crippen LogP contribution in [0.25, 0.3) is 0 Å². The second kappa shape index (κ2) is 6.85. The maximum atomic E-state index is 12.6. The standard InChI is InChI=1S/C13H25N5O2S/c1-4-5-8-17(3)21(19,20)18-9-6-7-12(10-18)13-15-14-11-16(13)2/h11-12H,4-10H2,1-3H3/t12-/m0/s1. The van der Waals surface area contributed by atoms with Crippen LogP contribution in [0.15, 0.2) is 6.33 Å². The first-order valence-corrected chi connectivity index (χ1v) is 8.91. The lowest BCUT2D eigenvalue weighted by Crippen LogP contribution is -2.46. The highest BCUT2D eigenvalue weighted by atomic mass is 32.2. The molecule has 0 aromatic carbocycles. The summed E-state index contributed by atoms with van der Waals surface area (Å²) < 4.78 is 30.1. The van der Waals surface area contributed by atoms with Gasteiger partial charge in [0.15, 0.2) is 0 Å². The minimum atomic E-state index is -3.36. The molecule has 2 rings (SSSR count). The molecule has 0 amide bonds. The average molecular weight is 315 g/mol. The summed E-state index contributed by atoms with van der Waals surface area (Å²) in [6.45, 7) is 3.72. The van der Waals surface area contributed by atoms with Gasteiger partial charge in [-0.1, -0.05) is 13.3 Å². The van der Waals surface area contributed by atoms with Crippen LogP contribution in [0.1, 0.15) is 44.3 Å². The Labute approximate surface area is 127 Å². The molecule has 1 saturated heterocycles. The first kappa shape index (κ1) is 16.4. The number of nitrogens with zero attached hydrogens (tertiary/aromatic N) is 5. The first-order chi connectivity index (χ1) is 9.96. The summed E-state index contributed by atoms with van der Waals surface area (Å²) in [5.41, 5.74) is 0. The van der Waals surface area contributed by atoms with Gasteiger partial charge in [-0.2, -0.15) is 17.0 Å². The van der Waals surface area contributed by atoms with E-state index in [0.717, 1.165) is 31.5 Å². The second-order valence-corrected chi connectivity index (χ2v) is 7.72. The zero-order valence-corrected chi connectivity index (χ0v) is 13.9. The SMILES string of the molecule is CCCCN(C)S(=O)(=O)N1CCC[C@H](c2nncn2C)C1. The lowest BCUT2D eigenvalue weighted by atomic mass is 9.99. The van der Waals surface area contributed by atoms with Crippen LogP contribution in [0.2, 0.25) is 0 Å². The summed E-state index contributed by atoms with van der Waals surface area (Å²) in [6, 6.07) is 0. The highest BCUT2D eigenvalue weighted by Crippen LogP contribution is 2.27. The molecule has 1 aromatic heterocycles. The van der Waals surface area contributed by atoms with Crippen LogP contribution in [0.4, 0.5) is 0 Å². The molecule has 1 aliphatic rings. The molecule has 8 heteroatoms. The van der Waals surface area contributed by atoms with Gasteiger partial charge in [-0.25, -0.2) is 0 Å². The van der Waals surface area contributed by atoms with E-state index < -0.39 is 10.2 Å². The topological polar surface area (TPSA) is 71.3 Å². The van der Waals surface area contributed by atoms with E-state index in [1.807, 2.05) is 11.6 Å². The van der Waals surface area contributed by atoms with Crippen LogP contribution >= 0.6 is 0 Å². The zero-order chi connectivity index (χ0) is 15.5. The van der Waals surface area contributed by atoms with Crippen molar-refractivity contribution in [3.05, 3.63) is 12.2 Å². The van der Waals surface area contributed by atoms with E-state index in [1.165, 1.54) is 4.31 Å². The molecule has 1 aromatic rings. The maximum absolute atomic E-state index is 12.6. The fourth-order valence-electron chi connectivity index (χ4n) is 2.72. The molecule has 0 spiro atoms. The van der Waals surface area contributed by atoms with Gasteiger partial charge in [0.05, 0.1) is 0 Å². The largest absolute Gasteiger partial charge is 0.320 e. The summed E-state index contributed by atoms with van der Waals surface area (Å²) in [6.07, 6.45) is 5.35. The van der Waals surface area contributed by atoms with Crippen LogP contribution in [0, 0.1) is 0 Å². The zero-order valence-electron chi connectivity index (χ0n) is 13.1. The third kappa shape index (κ3) is 3.61. The highest BCUT2D eigenvalue weighted by Gasteiger charge is 2.33. The Kier molecular flexibility index (Phi) is 5.34. The second-order valence-electron chi connectivity index (χ2n) is 5.68. The quantitative estimate of drug-likeness (QED) is 0.784. The minimum Gasteiger partial charge on any atom is -0.320 e. The van der Waals surface area contributed by atoms with Crippen LogP contribution in [0.3, 0.4) is 0 Å². The molecule has 0 N–H and O–H groups in total. The predicted octanol–water partition coefficient (Wildman–Crippen LogP) is 0.971. The normalized spacial score (nSPS) is 21.0. The molecule has 1 aliphatic heterocycles. The van der Waals surface area contributed by atoms with Crippen molar-refractivity contribution in [2.75, 3.05) is 26.7 Å². The number of hydrogen-bond donors (Lipinski definition) is 0. The summed E-state index contributed by atoms with van der Waals surface area (Å²) in [5, 5.41) is 8.02. The summed E-state index contributed by atoms with van der Waals surface area (Å²) >= 11 is 0. The first-order valence-electron chi connectivity index (χ1n) is 7.52. The molecule has 0 unspecified atom stereocenters. The van der Waals surface area contributed by atoms with E-state index in [9.17, 15) is 8.42 Å². The van der Waals surface area contributed by atoms with Crippen molar-refractivity contribution in [1.29, 1.82) is 0 Å². The highest BCUT2D eigenvalue weighted by molar-refractivity contribution is 7.86. The van der Waals surface area contributed by atoms with Gasteiger partial charge in [0.25, 0.3) is 10.2 Å². The Morgan fingerprint density at radius 2 is 2.24 bits per heavy atom. The minimum absolute atomic E-state index is 0.126. The van der Waals surface area contributed by atoms with Gasteiger partial charge in [0.2, 0.25) is 0 Å². The van der Waals surface area contributed by atoms with Crippen LogP contribution in [-0.2, 0) is 17.3 Å². The van der Waals surface area contributed by atoms with Gasteiger partial charge in [0, 0.05) is 39.6 Å². The Hall–Kier alpha value is -0.990. The Morgan fingerprint density at radius 3 is 2.86 bits per heavy atom. The fourth-order valence-corrected chi connectivity index (χ4v) is 4.20. The van der Waals surface area contributed by atoms with Crippen molar-refractivity contribution in [3.8, 4) is 0 Å². The van der Waals surface area contributed by atoms with E-state index in [-0.39, 0.29) is 5.92 Å². The Morgan fingerprint density at radius 1 is 1.48 bits per heavy atom. The molecule has 0 aliphatic carbocycles. The maximum Gasteiger partial charge on any atom is 0.281 e. The van der Waals surface area contributed by atoms with E-state index in [4.69, 9.17) is 0 Å². The fraction of sp³-hybridized carbons (Fsp3) is 0.846. The molecular weight excluding hydrogens is 290 g/mol. The number of aryl methyl sites for hydroxylation is 1. The van der Waals surface area contributed by atoms with Gasteiger partial charge in [0.1, 0.15) is 12.2 Å². The monoisotopic (exact) mass is 315 g/mol. The van der Waals surface area contributed by atoms with E-state index in [0.29, 0.717) is 19.6 Å². The Bertz CT molecular complexity index is 557. The van der Waals surface area contributed by atoms with Gasteiger partial charge < -0.3 is 4.57 Å². The van der Waals surface area contributed by atoms with Crippen molar-refractivity contribution in [2.45, 2.75) is 38.5 Å². The molecule has 2 heterocycles. The van der Waals surface area contributed by atoms with Crippen molar-refractivity contribution in [2.24, 2.45) is 7.05 Å². The van der Waals surface area contributed by atoms with Crippen molar-refractivity contribution < 1.29 is 8.42 Å². The molecule has 120 valence electrons. The summed E-state index contributed by atoms with van der Waals surface area (Å²) in [4.78, 5) is 0. The smallest absolute Gasteiger partial charge is 0.281 e. The van der Waals surface area contributed by atoms with Crippen LogP contribution < -0.4 is 0 Å². The van der Waals surface area contributed by atoms with E-state index >= 15 is 0 Å². The summed E-state index contributed by atoms with van der Waals surface area (Å²) in [5.74, 6) is 0.992. The van der Waals surface area contributed by atoms with Crippen molar-refractivity contribution >= 4 is 10.2 Å². The van der Waals surface area contributed by atoms with Crippen LogP contribution in [-0.4, -0.2) is 58.5 Å². The van der Waals surface area contributed by atoms with Gasteiger partial charge in [-0.15, -0.1) is 10.2 Å². The van der Waals surface area contributed by atoms with Gasteiger partial charge in [-0.3, -0.25) is 0 Å². The van der Waals surface area contributed by atoms with E-state index in [2.05, 4.69) is 17.1 Å². The molecular formula is C13H25N5O2S. The third-order valence-electron chi connectivity index (χ3n) is 4.04. The average Bonchev–Trinajstić information content (AvgIpc) is 2.91. The number of piperidine rings is 1. The molecule has 1 fully saturated rings. The molecule has 0 bridgehead atoms. The van der Waals surface area contributed by atoms with Crippen molar-refractivity contribution in [3.63, 3.8) is 0 Å². The third-order valence-corrected chi connectivity index (χ3v) is 6.00. The van der Waals surface area contributed by atoms with E-state index in [1.54, 1.807) is 17.7 Å². The predicted molar refractivity (Wildman–Crippen MR) is 81.0 cm³/mol. The Balaban J connectivity index is 2.08. The van der Waals surface area contributed by atoms with Crippen molar-refractivity contribution in [1.82, 2.24) is 23.4 Å². The number of hydrogen-bond acceptors (Lipinski definition) is 4.